The number of hydrogen-bond donors (Lipinski definition) is 0. The summed E-state index contributed by atoms with van der Waals surface area (Å²) in [5, 5.41) is 5.60. The lowest BCUT2D eigenvalue weighted by atomic mass is 10.1. The highest BCUT2D eigenvalue weighted by Gasteiger charge is 2.21. The van der Waals surface area contributed by atoms with E-state index < -0.39 is 5.97 Å². The summed E-state index contributed by atoms with van der Waals surface area (Å²) in [6.07, 6.45) is 1.62. The molecule has 164 valence electrons. The van der Waals surface area contributed by atoms with Gasteiger partial charge in [-0.05, 0) is 43.5 Å². The normalized spacial score (nSPS) is 11.4. The molecule has 0 saturated heterocycles. The number of nitrogens with zero attached hydrogens (tertiary/aromatic N) is 4. The summed E-state index contributed by atoms with van der Waals surface area (Å²) in [7, 11) is 1.66. The van der Waals surface area contributed by atoms with Crippen molar-refractivity contribution in [2.45, 2.75) is 46.2 Å². The molecule has 0 aliphatic rings. The molecule has 31 heavy (non-hydrogen) atoms. The van der Waals surface area contributed by atoms with Crippen LogP contribution in [0.15, 0.2) is 36.5 Å². The summed E-state index contributed by atoms with van der Waals surface area (Å²) in [6, 6.07) is 9.10. The molecule has 1 amide bonds. The van der Waals surface area contributed by atoms with Gasteiger partial charge in [0.1, 0.15) is 0 Å². The predicted octanol–water partition coefficient (Wildman–Crippen LogP) is 4.60. The second kappa shape index (κ2) is 9.47. The first-order valence-electron chi connectivity index (χ1n) is 10.2. The highest BCUT2D eigenvalue weighted by molar-refractivity contribution is 6.30. The van der Waals surface area contributed by atoms with Gasteiger partial charge in [0, 0.05) is 30.4 Å². The maximum Gasteiger partial charge on any atom is 0.339 e. The van der Waals surface area contributed by atoms with E-state index in [2.05, 4.69) is 10.1 Å². The summed E-state index contributed by atoms with van der Waals surface area (Å²) >= 11 is 6.00. The zero-order valence-corrected chi connectivity index (χ0v) is 19.2. The highest BCUT2D eigenvalue weighted by atomic mass is 35.5. The van der Waals surface area contributed by atoms with Gasteiger partial charge in [0.25, 0.3) is 5.91 Å². The van der Waals surface area contributed by atoms with Crippen molar-refractivity contribution in [3.8, 4) is 0 Å². The standard InChI is InChI=1S/C23H27ClN4O3/c1-14(2)20-10-18(19-11-25-28(15(3)4)22(19)26-20)23(30)31-13-21(29)27(5)12-16-7-6-8-17(24)9-16/h6-11,14-15H,12-13H2,1-5H3. The van der Waals surface area contributed by atoms with Gasteiger partial charge in [0.2, 0.25) is 0 Å². The SMILES string of the molecule is CC(C)c1cc(C(=O)OCC(=O)N(C)Cc2cccc(Cl)c2)c2cnn(C(C)C)c2n1. The van der Waals surface area contributed by atoms with Crippen LogP contribution < -0.4 is 0 Å². The van der Waals surface area contributed by atoms with Crippen LogP contribution in [0.1, 0.15) is 61.3 Å². The molecule has 0 aliphatic heterocycles. The van der Waals surface area contributed by atoms with Crippen LogP contribution in [0.3, 0.4) is 0 Å². The molecule has 0 radical (unpaired) electrons. The van der Waals surface area contributed by atoms with E-state index in [0.717, 1.165) is 11.3 Å². The van der Waals surface area contributed by atoms with Crippen molar-refractivity contribution < 1.29 is 14.3 Å². The zero-order valence-electron chi connectivity index (χ0n) is 18.4. The second-order valence-electron chi connectivity index (χ2n) is 8.13. The van der Waals surface area contributed by atoms with Crippen molar-refractivity contribution in [1.82, 2.24) is 19.7 Å². The maximum absolute atomic E-state index is 12.9. The zero-order chi connectivity index (χ0) is 22.7. The number of halogens is 1. The number of amides is 1. The van der Waals surface area contributed by atoms with Crippen molar-refractivity contribution in [3.05, 3.63) is 58.4 Å². The molecule has 0 atom stereocenters. The van der Waals surface area contributed by atoms with Crippen LogP contribution in [0.2, 0.25) is 5.02 Å². The number of carbonyl (C=O) groups is 2. The minimum atomic E-state index is -0.567. The van der Waals surface area contributed by atoms with E-state index in [0.29, 0.717) is 28.2 Å². The number of carbonyl (C=O) groups excluding carboxylic acids is 2. The molecule has 0 bridgehead atoms. The molecule has 2 aromatic heterocycles. The van der Waals surface area contributed by atoms with E-state index in [1.165, 1.54) is 4.90 Å². The molecule has 3 aromatic rings. The summed E-state index contributed by atoms with van der Waals surface area (Å²) in [6.45, 7) is 8.04. The van der Waals surface area contributed by atoms with Gasteiger partial charge in [-0.3, -0.25) is 4.79 Å². The molecular weight excluding hydrogens is 416 g/mol. The molecule has 8 heteroatoms. The minimum Gasteiger partial charge on any atom is -0.452 e. The van der Waals surface area contributed by atoms with E-state index in [-0.39, 0.29) is 24.5 Å². The van der Waals surface area contributed by atoms with Gasteiger partial charge in [-0.25, -0.2) is 14.5 Å². The first-order valence-corrected chi connectivity index (χ1v) is 10.6. The van der Waals surface area contributed by atoms with E-state index in [4.69, 9.17) is 16.3 Å². The van der Waals surface area contributed by atoms with Crippen molar-refractivity contribution in [2.24, 2.45) is 0 Å². The average molecular weight is 443 g/mol. The molecule has 0 fully saturated rings. The van der Waals surface area contributed by atoms with Crippen LogP contribution in [0.25, 0.3) is 11.0 Å². The third-order valence-electron chi connectivity index (χ3n) is 4.95. The molecule has 0 N–H and O–H groups in total. The summed E-state index contributed by atoms with van der Waals surface area (Å²) in [4.78, 5) is 31.5. The molecule has 3 rings (SSSR count). The van der Waals surface area contributed by atoms with Crippen molar-refractivity contribution in [1.29, 1.82) is 0 Å². The third kappa shape index (κ3) is 5.22. The summed E-state index contributed by atoms with van der Waals surface area (Å²) in [5.41, 5.74) is 2.67. The molecule has 0 aliphatic carbocycles. The van der Waals surface area contributed by atoms with Gasteiger partial charge in [0.15, 0.2) is 12.3 Å². The van der Waals surface area contributed by atoms with Crippen molar-refractivity contribution in [2.75, 3.05) is 13.7 Å². The fourth-order valence-electron chi connectivity index (χ4n) is 3.19. The smallest absolute Gasteiger partial charge is 0.339 e. The van der Waals surface area contributed by atoms with Crippen LogP contribution in [-0.2, 0) is 16.1 Å². The molecule has 1 aromatic carbocycles. The largest absolute Gasteiger partial charge is 0.452 e. The first-order chi connectivity index (χ1) is 14.7. The topological polar surface area (TPSA) is 77.3 Å². The van der Waals surface area contributed by atoms with Gasteiger partial charge in [-0.2, -0.15) is 5.10 Å². The fourth-order valence-corrected chi connectivity index (χ4v) is 3.41. The van der Waals surface area contributed by atoms with E-state index in [1.807, 2.05) is 39.8 Å². The van der Waals surface area contributed by atoms with E-state index in [9.17, 15) is 9.59 Å². The maximum atomic E-state index is 12.9. The average Bonchev–Trinajstić information content (AvgIpc) is 3.15. The molecule has 2 heterocycles. The van der Waals surface area contributed by atoms with Gasteiger partial charge >= 0.3 is 5.97 Å². The number of likely N-dealkylation sites (N-methyl/N-ethyl adjacent to an activating group) is 1. The third-order valence-corrected chi connectivity index (χ3v) is 5.18. The first kappa shape index (κ1) is 22.7. The van der Waals surface area contributed by atoms with E-state index >= 15 is 0 Å². The van der Waals surface area contributed by atoms with Crippen LogP contribution in [-0.4, -0.2) is 45.2 Å². The molecule has 0 saturated carbocycles. The highest BCUT2D eigenvalue weighted by Crippen LogP contribution is 2.25. The van der Waals surface area contributed by atoms with Gasteiger partial charge in [0.05, 0.1) is 17.1 Å². The molecule has 0 spiro atoms. The number of rotatable bonds is 7. The van der Waals surface area contributed by atoms with Crippen LogP contribution in [0.4, 0.5) is 0 Å². The fraction of sp³-hybridized carbons (Fsp3) is 0.391. The number of esters is 1. The quantitative estimate of drug-likeness (QED) is 0.499. The Kier molecular flexibility index (Phi) is 6.95. The molecular formula is C23H27ClN4O3. The number of ether oxygens (including phenoxy) is 1. The number of hydrogen-bond acceptors (Lipinski definition) is 5. The lowest BCUT2D eigenvalue weighted by Gasteiger charge is -2.17. The van der Waals surface area contributed by atoms with Gasteiger partial charge in [-0.1, -0.05) is 37.6 Å². The minimum absolute atomic E-state index is 0.0954. The Morgan fingerprint density at radius 1 is 1.19 bits per heavy atom. The Bertz CT molecular complexity index is 1110. The number of fused-ring (bicyclic) bond motifs is 1. The summed E-state index contributed by atoms with van der Waals surface area (Å²) in [5.74, 6) is -0.750. The second-order valence-corrected chi connectivity index (χ2v) is 8.56. The molecule has 0 unspecified atom stereocenters. The van der Waals surface area contributed by atoms with Gasteiger partial charge < -0.3 is 9.64 Å². The van der Waals surface area contributed by atoms with Crippen LogP contribution in [0.5, 0.6) is 0 Å². The Balaban J connectivity index is 1.76. The Labute approximate surface area is 187 Å². The van der Waals surface area contributed by atoms with Crippen LogP contribution in [0, 0.1) is 0 Å². The molecule has 7 nitrogen and oxygen atoms in total. The van der Waals surface area contributed by atoms with E-state index in [1.54, 1.807) is 36.1 Å². The van der Waals surface area contributed by atoms with Crippen LogP contribution >= 0.6 is 11.6 Å². The lowest BCUT2D eigenvalue weighted by Crippen LogP contribution is -2.30. The van der Waals surface area contributed by atoms with Crippen molar-refractivity contribution in [3.63, 3.8) is 0 Å². The lowest BCUT2D eigenvalue weighted by molar-refractivity contribution is -0.133. The number of benzene rings is 1. The van der Waals surface area contributed by atoms with Crippen molar-refractivity contribution >= 4 is 34.5 Å². The number of pyridine rings is 1. The summed E-state index contributed by atoms with van der Waals surface area (Å²) < 4.78 is 7.14. The Morgan fingerprint density at radius 2 is 1.94 bits per heavy atom. The monoisotopic (exact) mass is 442 g/mol. The predicted molar refractivity (Wildman–Crippen MR) is 120 cm³/mol. The Morgan fingerprint density at radius 3 is 2.58 bits per heavy atom. The Hall–Kier alpha value is -2.93. The number of aromatic nitrogens is 3. The van der Waals surface area contributed by atoms with Gasteiger partial charge in [-0.15, -0.1) is 0 Å².